The van der Waals surface area contributed by atoms with Gasteiger partial charge in [0.1, 0.15) is 0 Å². The summed E-state index contributed by atoms with van der Waals surface area (Å²) in [5.74, 6) is 0. The second-order valence-corrected chi connectivity index (χ2v) is 14.5. The van der Waals surface area contributed by atoms with E-state index in [4.69, 9.17) is 21.1 Å². The van der Waals surface area contributed by atoms with Crippen LogP contribution >= 0.6 is 11.6 Å². The molecule has 0 aromatic heterocycles. The molecule has 278 valence electrons. The van der Waals surface area contributed by atoms with Gasteiger partial charge in [0, 0.05) is 0 Å². The SMILES string of the molecule is CCCCCCCC/C=C\CCCCCCCC(O)OCC(C)(COC(O)CCCCCCC/C=C\CCCCCCCC)C(=O)Cl. The van der Waals surface area contributed by atoms with Crippen LogP contribution in [0.5, 0.6) is 0 Å². The molecule has 5 nitrogen and oxygen atoms in total. The predicted octanol–water partition coefficient (Wildman–Crippen LogP) is 12.5. The lowest BCUT2D eigenvalue weighted by molar-refractivity contribution is -0.168. The Kier molecular flexibility index (Phi) is 34.6. The molecule has 0 bridgehead atoms. The molecule has 6 heteroatoms. The fourth-order valence-corrected chi connectivity index (χ4v) is 5.77. The zero-order valence-corrected chi connectivity index (χ0v) is 31.9. The minimum absolute atomic E-state index is 0.0400. The summed E-state index contributed by atoms with van der Waals surface area (Å²) < 4.78 is 11.2. The number of carbonyl (C=O) groups excluding carboxylic acids is 1. The van der Waals surface area contributed by atoms with Crippen molar-refractivity contribution in [3.8, 4) is 0 Å². The zero-order valence-electron chi connectivity index (χ0n) is 31.2. The van der Waals surface area contributed by atoms with Crippen molar-refractivity contribution < 1.29 is 24.5 Å². The molecule has 0 spiro atoms. The molecule has 0 aliphatic heterocycles. The molecule has 0 aromatic carbocycles. The Hall–Kier alpha value is -0.720. The van der Waals surface area contributed by atoms with Gasteiger partial charge in [-0.05, 0) is 95.6 Å². The fourth-order valence-electron chi connectivity index (χ4n) is 5.66. The normalized spacial score (nSPS) is 14.7. The molecule has 0 heterocycles. The first-order chi connectivity index (χ1) is 22.9. The average Bonchev–Trinajstić information content (AvgIpc) is 3.06. The van der Waals surface area contributed by atoms with Crippen molar-refractivity contribution in [1.82, 2.24) is 0 Å². The molecule has 0 radical (unpaired) electrons. The summed E-state index contributed by atoms with van der Waals surface area (Å²) in [5.41, 5.74) is -1.12. The van der Waals surface area contributed by atoms with Gasteiger partial charge in [-0.25, -0.2) is 0 Å². The van der Waals surface area contributed by atoms with Gasteiger partial charge in [-0.1, -0.05) is 141 Å². The summed E-state index contributed by atoms with van der Waals surface area (Å²) >= 11 is 5.87. The first-order valence-corrected chi connectivity index (χ1v) is 20.3. The van der Waals surface area contributed by atoms with Crippen LogP contribution in [0.3, 0.4) is 0 Å². The molecule has 0 saturated carbocycles. The van der Waals surface area contributed by atoms with Gasteiger partial charge in [-0.3, -0.25) is 4.79 Å². The average molecular weight is 686 g/mol. The number of allylic oxidation sites excluding steroid dienone is 4. The molecule has 47 heavy (non-hydrogen) atoms. The fraction of sp³-hybridized carbons (Fsp3) is 0.878. The smallest absolute Gasteiger partial charge is 0.232 e. The van der Waals surface area contributed by atoms with Crippen LogP contribution in [0.25, 0.3) is 0 Å². The number of aliphatic hydroxyl groups is 2. The van der Waals surface area contributed by atoms with Gasteiger partial charge >= 0.3 is 0 Å². The molecular weight excluding hydrogens is 608 g/mol. The highest BCUT2D eigenvalue weighted by Gasteiger charge is 2.34. The Morgan fingerprint density at radius 1 is 0.532 bits per heavy atom. The molecule has 2 unspecified atom stereocenters. The highest BCUT2D eigenvalue weighted by atomic mass is 35.5. The van der Waals surface area contributed by atoms with Gasteiger partial charge in [0.2, 0.25) is 5.24 Å². The molecule has 0 amide bonds. The Morgan fingerprint density at radius 3 is 1.11 bits per heavy atom. The largest absolute Gasteiger partial charge is 0.368 e. The molecule has 0 aliphatic carbocycles. The minimum atomic E-state index is -1.12. The summed E-state index contributed by atoms with van der Waals surface area (Å²) in [6.07, 6.45) is 40.5. The third-order valence-electron chi connectivity index (χ3n) is 9.09. The van der Waals surface area contributed by atoms with E-state index in [9.17, 15) is 15.0 Å². The number of halogens is 1. The second kappa shape index (κ2) is 35.1. The summed E-state index contributed by atoms with van der Waals surface area (Å²) in [6, 6.07) is 0. The van der Waals surface area contributed by atoms with Crippen LogP contribution in [-0.2, 0) is 14.3 Å². The summed E-state index contributed by atoms with van der Waals surface area (Å²) in [6.45, 7) is 6.10. The molecule has 0 saturated heterocycles. The maximum Gasteiger partial charge on any atom is 0.232 e. The molecular formula is C41H77ClO5. The van der Waals surface area contributed by atoms with E-state index in [-0.39, 0.29) is 13.2 Å². The van der Waals surface area contributed by atoms with E-state index in [1.807, 2.05) is 0 Å². The predicted molar refractivity (Wildman–Crippen MR) is 202 cm³/mol. The number of aliphatic hydroxyl groups excluding tert-OH is 2. The highest BCUT2D eigenvalue weighted by molar-refractivity contribution is 6.64. The van der Waals surface area contributed by atoms with Crippen molar-refractivity contribution in [1.29, 1.82) is 0 Å². The summed E-state index contributed by atoms with van der Waals surface area (Å²) in [7, 11) is 0. The topological polar surface area (TPSA) is 76.0 Å². The molecule has 2 atom stereocenters. The molecule has 0 aromatic rings. The molecule has 0 rings (SSSR count). The van der Waals surface area contributed by atoms with Crippen LogP contribution in [0.2, 0.25) is 0 Å². The van der Waals surface area contributed by atoms with Crippen molar-refractivity contribution in [2.45, 2.75) is 213 Å². The van der Waals surface area contributed by atoms with Gasteiger partial charge in [0.25, 0.3) is 0 Å². The van der Waals surface area contributed by atoms with E-state index in [1.165, 1.54) is 116 Å². The van der Waals surface area contributed by atoms with E-state index in [0.717, 1.165) is 51.4 Å². The minimum Gasteiger partial charge on any atom is -0.368 e. The van der Waals surface area contributed by atoms with Gasteiger partial charge in [0.05, 0.1) is 18.6 Å². The first kappa shape index (κ1) is 46.3. The summed E-state index contributed by atoms with van der Waals surface area (Å²) in [4.78, 5) is 12.1. The maximum atomic E-state index is 12.1. The first-order valence-electron chi connectivity index (χ1n) is 19.9. The zero-order chi connectivity index (χ0) is 34.7. The van der Waals surface area contributed by atoms with Crippen molar-refractivity contribution in [2.24, 2.45) is 5.41 Å². The maximum absolute atomic E-state index is 12.1. The van der Waals surface area contributed by atoms with Crippen LogP contribution in [0.15, 0.2) is 24.3 Å². The van der Waals surface area contributed by atoms with Gasteiger partial charge in [-0.2, -0.15) is 0 Å². The Bertz CT molecular complexity index is 675. The van der Waals surface area contributed by atoms with Crippen LogP contribution < -0.4 is 0 Å². The van der Waals surface area contributed by atoms with Crippen molar-refractivity contribution >= 4 is 16.8 Å². The quantitative estimate of drug-likeness (QED) is 0.0295. The Morgan fingerprint density at radius 2 is 0.809 bits per heavy atom. The van der Waals surface area contributed by atoms with E-state index in [2.05, 4.69) is 38.2 Å². The van der Waals surface area contributed by atoms with E-state index in [0.29, 0.717) is 12.8 Å². The third kappa shape index (κ3) is 32.3. The monoisotopic (exact) mass is 685 g/mol. The number of carbonyl (C=O) groups is 1. The van der Waals surface area contributed by atoms with E-state index in [1.54, 1.807) is 6.92 Å². The van der Waals surface area contributed by atoms with Crippen LogP contribution in [0.4, 0.5) is 0 Å². The third-order valence-corrected chi connectivity index (χ3v) is 9.55. The molecule has 0 fully saturated rings. The number of hydrogen-bond acceptors (Lipinski definition) is 5. The number of rotatable bonds is 37. The standard InChI is InChI=1S/C41H77ClO5/c1-4-6-8-10-12-14-16-18-20-22-24-26-28-30-32-34-38(43)46-36-41(3,40(42)45)37-47-39(44)35-33-31-29-27-25-23-21-19-17-15-13-11-9-7-5-2/h18-21,38-39,43-44H,4-17,22-37H2,1-3H3/b20-18-,21-19-. The van der Waals surface area contributed by atoms with Crippen LogP contribution in [0, 0.1) is 5.41 Å². The van der Waals surface area contributed by atoms with Crippen molar-refractivity contribution in [3.05, 3.63) is 24.3 Å². The van der Waals surface area contributed by atoms with Crippen LogP contribution in [0.1, 0.15) is 201 Å². The lowest BCUT2D eigenvalue weighted by atomic mass is 9.95. The Labute approximate surface area is 296 Å². The van der Waals surface area contributed by atoms with Crippen molar-refractivity contribution in [3.63, 3.8) is 0 Å². The number of ether oxygens (including phenoxy) is 2. The van der Waals surface area contributed by atoms with Gasteiger partial charge in [-0.15, -0.1) is 0 Å². The van der Waals surface area contributed by atoms with Gasteiger partial charge < -0.3 is 19.7 Å². The molecule has 0 aliphatic rings. The molecule has 2 N–H and O–H groups in total. The lowest BCUT2D eigenvalue weighted by Crippen LogP contribution is -2.38. The Balaban J connectivity index is 3.80. The number of unbranched alkanes of at least 4 members (excludes halogenated alkanes) is 22. The van der Waals surface area contributed by atoms with E-state index >= 15 is 0 Å². The summed E-state index contributed by atoms with van der Waals surface area (Å²) in [5, 5.41) is 20.0. The van der Waals surface area contributed by atoms with E-state index < -0.39 is 23.2 Å². The van der Waals surface area contributed by atoms with Crippen LogP contribution in [-0.4, -0.2) is 41.2 Å². The van der Waals surface area contributed by atoms with Gasteiger partial charge in [0.15, 0.2) is 12.6 Å². The van der Waals surface area contributed by atoms with Crippen molar-refractivity contribution in [2.75, 3.05) is 13.2 Å². The lowest BCUT2D eigenvalue weighted by Gasteiger charge is -2.27. The second-order valence-electron chi connectivity index (χ2n) is 14.1. The number of hydrogen-bond donors (Lipinski definition) is 2. The highest BCUT2D eigenvalue weighted by Crippen LogP contribution is 2.24.